The first-order valence-electron chi connectivity index (χ1n) is 8.66. The van der Waals surface area contributed by atoms with Gasteiger partial charge in [-0.25, -0.2) is 0 Å². The smallest absolute Gasteiger partial charge is 0.195 e. The number of para-hydroxylation sites is 1. The van der Waals surface area contributed by atoms with Gasteiger partial charge in [0.25, 0.3) is 0 Å². The molecule has 7 heteroatoms. The second-order valence-corrected chi connectivity index (χ2v) is 6.01. The maximum atomic E-state index is 5.82. The number of ether oxygens (including phenoxy) is 2. The molecule has 0 spiro atoms. The monoisotopic (exact) mass is 479 g/mol. The predicted molar refractivity (Wildman–Crippen MR) is 117 cm³/mol. The molecule has 142 valence electrons. The molecule has 0 unspecified atom stereocenters. The lowest BCUT2D eigenvalue weighted by Crippen LogP contribution is -2.30. The summed E-state index contributed by atoms with van der Waals surface area (Å²) in [4.78, 5) is 4.26. The van der Waals surface area contributed by atoms with Crippen molar-refractivity contribution >= 4 is 46.6 Å². The van der Waals surface area contributed by atoms with Crippen molar-refractivity contribution in [2.75, 3.05) is 25.6 Å². The number of guanidine groups is 1. The number of nitrogens with zero attached hydrogens (tertiary/aromatic N) is 1. The van der Waals surface area contributed by atoms with Crippen LogP contribution in [0.1, 0.15) is 12.2 Å². The zero-order valence-corrected chi connectivity index (χ0v) is 17.4. The first-order chi connectivity index (χ1) is 12.8. The summed E-state index contributed by atoms with van der Waals surface area (Å²) in [5.74, 6) is 3.03. The van der Waals surface area contributed by atoms with Crippen LogP contribution < -0.4 is 20.1 Å². The minimum atomic E-state index is 0. The van der Waals surface area contributed by atoms with Gasteiger partial charge in [0.2, 0.25) is 0 Å². The largest absolute Gasteiger partial charge is 0.490 e. The second kappa shape index (κ2) is 8.98. The van der Waals surface area contributed by atoms with Crippen molar-refractivity contribution in [1.29, 1.82) is 0 Å². The molecule has 0 amide bonds. The molecule has 2 N–H and O–H groups in total. The fraction of sp³-hybridized carbons (Fsp3) is 0.250. The molecule has 2 aromatic carbocycles. The highest BCUT2D eigenvalue weighted by Crippen LogP contribution is 2.32. The summed E-state index contributed by atoms with van der Waals surface area (Å²) in [6, 6.07) is 15.8. The third-order valence-electron chi connectivity index (χ3n) is 4.14. The van der Waals surface area contributed by atoms with E-state index in [1.54, 1.807) is 7.05 Å². The number of halogens is 1. The van der Waals surface area contributed by atoms with Crippen molar-refractivity contribution in [3.63, 3.8) is 0 Å². The molecule has 0 atom stereocenters. The standard InChI is InChI=1S/C20H21N3O3.HI/c1-21-20(22-13-16-11-14-5-2-3-6-17(14)26-16)23-15-7-8-18-19(12-15)25-10-4-9-24-18;/h2-3,5-8,11-12H,4,9-10,13H2,1H3,(H2,21,22,23);1H. The Morgan fingerprint density at radius 3 is 2.67 bits per heavy atom. The zero-order chi connectivity index (χ0) is 17.8. The number of hydrogen-bond donors (Lipinski definition) is 2. The van der Waals surface area contributed by atoms with Gasteiger partial charge in [-0.1, -0.05) is 18.2 Å². The van der Waals surface area contributed by atoms with Gasteiger partial charge < -0.3 is 24.5 Å². The van der Waals surface area contributed by atoms with E-state index in [0.717, 1.165) is 40.3 Å². The Morgan fingerprint density at radius 1 is 1.04 bits per heavy atom. The lowest BCUT2D eigenvalue weighted by molar-refractivity contribution is 0.297. The molecular formula is C20H22IN3O3. The van der Waals surface area contributed by atoms with Crippen molar-refractivity contribution in [2.24, 2.45) is 4.99 Å². The molecule has 0 fully saturated rings. The molecule has 0 saturated heterocycles. The van der Waals surface area contributed by atoms with Crippen molar-refractivity contribution in [2.45, 2.75) is 13.0 Å². The molecule has 0 bridgehead atoms. The van der Waals surface area contributed by atoms with Gasteiger partial charge in [0.1, 0.15) is 11.3 Å². The van der Waals surface area contributed by atoms with Crippen LogP contribution in [-0.4, -0.2) is 26.2 Å². The van der Waals surface area contributed by atoms with Crippen LogP contribution in [0.2, 0.25) is 0 Å². The summed E-state index contributed by atoms with van der Waals surface area (Å²) in [6.07, 6.45) is 0.887. The van der Waals surface area contributed by atoms with Crippen LogP contribution in [0.4, 0.5) is 5.69 Å². The van der Waals surface area contributed by atoms with E-state index in [1.807, 2.05) is 48.5 Å². The molecular weight excluding hydrogens is 457 g/mol. The summed E-state index contributed by atoms with van der Waals surface area (Å²) >= 11 is 0. The number of aliphatic imine (C=N–C) groups is 1. The Labute approximate surface area is 175 Å². The summed E-state index contributed by atoms with van der Waals surface area (Å²) < 4.78 is 17.2. The van der Waals surface area contributed by atoms with E-state index in [4.69, 9.17) is 13.9 Å². The third kappa shape index (κ3) is 4.65. The van der Waals surface area contributed by atoms with Gasteiger partial charge in [0.15, 0.2) is 17.5 Å². The van der Waals surface area contributed by atoms with Crippen molar-refractivity contribution in [3.8, 4) is 11.5 Å². The highest BCUT2D eigenvalue weighted by molar-refractivity contribution is 14.0. The van der Waals surface area contributed by atoms with E-state index >= 15 is 0 Å². The molecule has 27 heavy (non-hydrogen) atoms. The van der Waals surface area contributed by atoms with Crippen LogP contribution >= 0.6 is 24.0 Å². The van der Waals surface area contributed by atoms with Gasteiger partial charge in [-0.3, -0.25) is 4.99 Å². The Morgan fingerprint density at radius 2 is 1.85 bits per heavy atom. The van der Waals surface area contributed by atoms with Crippen LogP contribution in [0.3, 0.4) is 0 Å². The van der Waals surface area contributed by atoms with Gasteiger partial charge in [-0.05, 0) is 24.3 Å². The number of hydrogen-bond acceptors (Lipinski definition) is 4. The van der Waals surface area contributed by atoms with E-state index < -0.39 is 0 Å². The summed E-state index contributed by atoms with van der Waals surface area (Å²) in [7, 11) is 1.73. The fourth-order valence-corrected chi connectivity index (χ4v) is 2.85. The van der Waals surface area contributed by atoms with Gasteiger partial charge >= 0.3 is 0 Å². The minimum Gasteiger partial charge on any atom is -0.490 e. The van der Waals surface area contributed by atoms with E-state index in [9.17, 15) is 0 Å². The minimum absolute atomic E-state index is 0. The molecule has 6 nitrogen and oxygen atoms in total. The van der Waals surface area contributed by atoms with Crippen LogP contribution in [0.5, 0.6) is 11.5 Å². The van der Waals surface area contributed by atoms with Crippen molar-refractivity contribution in [3.05, 3.63) is 54.3 Å². The van der Waals surface area contributed by atoms with Gasteiger partial charge in [0, 0.05) is 30.6 Å². The maximum Gasteiger partial charge on any atom is 0.195 e. The normalized spacial score (nSPS) is 13.6. The van der Waals surface area contributed by atoms with E-state index in [1.165, 1.54) is 0 Å². The Balaban J connectivity index is 0.00000210. The lowest BCUT2D eigenvalue weighted by atomic mass is 10.2. The Hall–Kier alpha value is -2.42. The zero-order valence-electron chi connectivity index (χ0n) is 15.0. The molecule has 0 aliphatic carbocycles. The summed E-state index contributed by atoms with van der Waals surface area (Å²) in [6.45, 7) is 1.88. The number of benzene rings is 2. The molecule has 1 aliphatic rings. The highest BCUT2D eigenvalue weighted by atomic mass is 127. The maximum absolute atomic E-state index is 5.82. The quantitative estimate of drug-likeness (QED) is 0.331. The third-order valence-corrected chi connectivity index (χ3v) is 4.14. The van der Waals surface area contributed by atoms with Gasteiger partial charge in [-0.15, -0.1) is 24.0 Å². The van der Waals surface area contributed by atoms with Crippen molar-refractivity contribution in [1.82, 2.24) is 5.32 Å². The molecule has 2 heterocycles. The molecule has 4 rings (SSSR count). The van der Waals surface area contributed by atoms with Gasteiger partial charge in [-0.2, -0.15) is 0 Å². The summed E-state index contributed by atoms with van der Waals surface area (Å²) in [5, 5.41) is 7.62. The van der Waals surface area contributed by atoms with Crippen LogP contribution in [0, 0.1) is 0 Å². The van der Waals surface area contributed by atoms with Crippen molar-refractivity contribution < 1.29 is 13.9 Å². The predicted octanol–water partition coefficient (Wildman–Crippen LogP) is 4.40. The molecule has 1 aliphatic heterocycles. The highest BCUT2D eigenvalue weighted by Gasteiger charge is 2.11. The van der Waals surface area contributed by atoms with Crippen LogP contribution in [-0.2, 0) is 6.54 Å². The number of anilines is 1. The lowest BCUT2D eigenvalue weighted by Gasteiger charge is -2.13. The van der Waals surface area contributed by atoms with Crippen LogP contribution in [0.25, 0.3) is 11.0 Å². The fourth-order valence-electron chi connectivity index (χ4n) is 2.85. The van der Waals surface area contributed by atoms with Gasteiger partial charge in [0.05, 0.1) is 19.8 Å². The Kier molecular flexibility index (Phi) is 6.44. The number of rotatable bonds is 3. The molecule has 0 saturated carbocycles. The summed E-state index contributed by atoms with van der Waals surface area (Å²) in [5.41, 5.74) is 1.77. The average Bonchev–Trinajstić information content (AvgIpc) is 2.94. The van der Waals surface area contributed by atoms with Crippen LogP contribution in [0.15, 0.2) is 57.9 Å². The average molecular weight is 479 g/mol. The number of nitrogens with one attached hydrogen (secondary N) is 2. The second-order valence-electron chi connectivity index (χ2n) is 6.01. The first-order valence-corrected chi connectivity index (χ1v) is 8.66. The SMILES string of the molecule is CN=C(NCc1cc2ccccc2o1)Nc1ccc2c(c1)OCCCO2.I. The topological polar surface area (TPSA) is 68.0 Å². The van der Waals surface area contributed by atoms with E-state index in [-0.39, 0.29) is 24.0 Å². The molecule has 0 radical (unpaired) electrons. The number of fused-ring (bicyclic) bond motifs is 2. The molecule has 1 aromatic heterocycles. The number of furan rings is 1. The molecule has 3 aromatic rings. The van der Waals surface area contributed by atoms with E-state index in [0.29, 0.717) is 25.7 Å². The first kappa shape index (κ1) is 19.3. The Bertz CT molecular complexity index is 906. The van der Waals surface area contributed by atoms with E-state index in [2.05, 4.69) is 15.6 Å².